The molecule has 1 aromatic rings. The van der Waals surface area contributed by atoms with Crippen LogP contribution in [0.1, 0.15) is 6.42 Å². The fourth-order valence-electron chi connectivity index (χ4n) is 2.05. The minimum atomic E-state index is -4.98. The van der Waals surface area contributed by atoms with Crippen LogP contribution in [0.25, 0.3) is 0 Å². The van der Waals surface area contributed by atoms with Crippen molar-refractivity contribution in [3.05, 3.63) is 29.0 Å². The van der Waals surface area contributed by atoms with Crippen LogP contribution in [0.5, 0.6) is 0 Å². The summed E-state index contributed by atoms with van der Waals surface area (Å²) in [5.41, 5.74) is -3.14. The van der Waals surface area contributed by atoms with Gasteiger partial charge in [0.25, 0.3) is 0 Å². The van der Waals surface area contributed by atoms with Gasteiger partial charge in [-0.25, -0.2) is 12.8 Å². The number of aliphatic hydroxyl groups is 1. The fourth-order valence-corrected chi connectivity index (χ4v) is 4.11. The van der Waals surface area contributed by atoms with Crippen LogP contribution in [0.15, 0.2) is 23.1 Å². The lowest BCUT2D eigenvalue weighted by molar-refractivity contribution is -0.252. The van der Waals surface area contributed by atoms with Crippen molar-refractivity contribution in [3.8, 4) is 0 Å². The van der Waals surface area contributed by atoms with Crippen LogP contribution in [-0.2, 0) is 10.0 Å². The Hall–Kier alpha value is -0.900. The second-order valence-corrected chi connectivity index (χ2v) is 6.95. The Morgan fingerprint density at radius 3 is 2.43 bits per heavy atom. The third kappa shape index (κ3) is 2.75. The number of alkyl halides is 3. The molecule has 1 atom stereocenters. The molecule has 1 heterocycles. The quantitative estimate of drug-likeness (QED) is 0.834. The molecule has 0 radical (unpaired) electrons. The van der Waals surface area contributed by atoms with Crippen molar-refractivity contribution in [1.29, 1.82) is 0 Å². The van der Waals surface area contributed by atoms with E-state index in [4.69, 9.17) is 11.6 Å². The molecule has 1 aliphatic rings. The molecule has 0 spiro atoms. The van der Waals surface area contributed by atoms with E-state index in [1.807, 2.05) is 0 Å². The predicted octanol–water partition coefficient (Wildman–Crippen LogP) is 2.17. The van der Waals surface area contributed by atoms with Gasteiger partial charge in [0, 0.05) is 13.0 Å². The van der Waals surface area contributed by atoms with Crippen molar-refractivity contribution in [2.24, 2.45) is 0 Å². The van der Waals surface area contributed by atoms with Gasteiger partial charge < -0.3 is 5.11 Å². The summed E-state index contributed by atoms with van der Waals surface area (Å²) in [4.78, 5) is -0.891. The Labute approximate surface area is 123 Å². The number of benzene rings is 1. The maximum atomic E-state index is 13.7. The number of nitrogens with zero attached hydrogens (tertiary/aromatic N) is 1. The molecule has 1 saturated heterocycles. The molecule has 0 saturated carbocycles. The molecule has 1 fully saturated rings. The minimum Gasteiger partial charge on any atom is -0.379 e. The van der Waals surface area contributed by atoms with E-state index in [2.05, 4.69) is 0 Å². The normalized spacial score (nSPS) is 24.5. The summed E-state index contributed by atoms with van der Waals surface area (Å²) in [5, 5.41) is 9.06. The van der Waals surface area contributed by atoms with Crippen molar-refractivity contribution in [1.82, 2.24) is 4.31 Å². The Balaban J connectivity index is 2.40. The predicted molar refractivity (Wildman–Crippen MR) is 65.8 cm³/mol. The van der Waals surface area contributed by atoms with Gasteiger partial charge in [0.05, 0.1) is 11.6 Å². The average molecular weight is 348 g/mol. The number of hydrogen-bond acceptors (Lipinski definition) is 3. The van der Waals surface area contributed by atoms with E-state index in [0.29, 0.717) is 4.31 Å². The first-order valence-corrected chi connectivity index (χ1v) is 7.54. The van der Waals surface area contributed by atoms with Crippen LogP contribution in [-0.4, -0.2) is 42.7 Å². The monoisotopic (exact) mass is 347 g/mol. The zero-order chi connectivity index (χ0) is 16.1. The molecule has 1 aromatic carbocycles. The fraction of sp³-hybridized carbons (Fsp3) is 0.455. The molecule has 1 aliphatic heterocycles. The average Bonchev–Trinajstić information content (AvgIpc) is 2.72. The van der Waals surface area contributed by atoms with Gasteiger partial charge in [-0.15, -0.1) is 0 Å². The summed E-state index contributed by atoms with van der Waals surface area (Å²) in [6, 6.07) is 3.13. The van der Waals surface area contributed by atoms with Crippen molar-refractivity contribution < 1.29 is 31.1 Å². The topological polar surface area (TPSA) is 57.6 Å². The zero-order valence-corrected chi connectivity index (χ0v) is 11.9. The van der Waals surface area contributed by atoms with Gasteiger partial charge in [-0.2, -0.15) is 17.5 Å². The Morgan fingerprint density at radius 1 is 1.33 bits per heavy atom. The Kier molecular flexibility index (Phi) is 3.98. The van der Waals surface area contributed by atoms with Gasteiger partial charge in [0.15, 0.2) is 5.60 Å². The molecule has 4 nitrogen and oxygen atoms in total. The molecule has 21 heavy (non-hydrogen) atoms. The van der Waals surface area contributed by atoms with Gasteiger partial charge in [-0.05, 0) is 12.1 Å². The number of halogens is 5. The maximum absolute atomic E-state index is 13.7. The van der Waals surface area contributed by atoms with Crippen LogP contribution in [0.4, 0.5) is 17.6 Å². The summed E-state index contributed by atoms with van der Waals surface area (Å²) < 4.78 is 76.5. The van der Waals surface area contributed by atoms with E-state index in [1.54, 1.807) is 0 Å². The molecule has 118 valence electrons. The highest BCUT2D eigenvalue weighted by Crippen LogP contribution is 2.40. The second-order valence-electron chi connectivity index (χ2n) is 4.67. The molecule has 0 aliphatic carbocycles. The van der Waals surface area contributed by atoms with Crippen molar-refractivity contribution in [2.75, 3.05) is 13.1 Å². The molecule has 1 unspecified atom stereocenters. The summed E-state index contributed by atoms with van der Waals surface area (Å²) in [6.07, 6.45) is -5.79. The summed E-state index contributed by atoms with van der Waals surface area (Å²) >= 11 is 5.62. The summed E-state index contributed by atoms with van der Waals surface area (Å²) in [5.74, 6) is -1.16. The summed E-state index contributed by atoms with van der Waals surface area (Å²) in [7, 11) is -4.56. The molecule has 0 bridgehead atoms. The van der Waals surface area contributed by atoms with Gasteiger partial charge >= 0.3 is 6.18 Å². The van der Waals surface area contributed by atoms with Crippen LogP contribution in [0, 0.1) is 5.82 Å². The van der Waals surface area contributed by atoms with Crippen LogP contribution in [0.3, 0.4) is 0 Å². The van der Waals surface area contributed by atoms with Crippen molar-refractivity contribution in [2.45, 2.75) is 23.1 Å². The molecular formula is C11H10ClF4NO3S. The number of sulfonamides is 1. The van der Waals surface area contributed by atoms with Gasteiger partial charge in [0.2, 0.25) is 10.0 Å². The zero-order valence-electron chi connectivity index (χ0n) is 10.4. The highest BCUT2D eigenvalue weighted by Gasteiger charge is 2.59. The molecule has 0 amide bonds. The first kappa shape index (κ1) is 16.5. The lowest BCUT2D eigenvalue weighted by Gasteiger charge is -2.26. The summed E-state index contributed by atoms with van der Waals surface area (Å²) in [6.45, 7) is -1.77. The van der Waals surface area contributed by atoms with Gasteiger partial charge in [-0.3, -0.25) is 0 Å². The lowest BCUT2D eigenvalue weighted by atomic mass is 10.0. The Morgan fingerprint density at radius 2 is 1.95 bits per heavy atom. The van der Waals surface area contributed by atoms with Crippen molar-refractivity contribution >= 4 is 21.6 Å². The first-order chi connectivity index (χ1) is 9.49. The largest absolute Gasteiger partial charge is 0.418 e. The van der Waals surface area contributed by atoms with E-state index in [1.165, 1.54) is 6.07 Å². The van der Waals surface area contributed by atoms with Crippen LogP contribution < -0.4 is 0 Å². The third-order valence-electron chi connectivity index (χ3n) is 3.26. The smallest absolute Gasteiger partial charge is 0.379 e. The Bertz CT molecular complexity index is 644. The molecule has 1 N–H and O–H groups in total. The van der Waals surface area contributed by atoms with Gasteiger partial charge in [0.1, 0.15) is 10.7 Å². The standard InChI is InChI=1S/C11H10ClF4NO3S/c12-7-2-1-3-8(13)9(7)21(19,20)17-5-4-10(18,6-17)11(14,15)16/h1-3,18H,4-6H2. The highest BCUT2D eigenvalue weighted by atomic mass is 35.5. The van der Waals surface area contributed by atoms with E-state index in [9.17, 15) is 31.1 Å². The molecular weight excluding hydrogens is 338 g/mol. The number of β-amino-alcohol motifs (C(OH)–C–C–N with tert-alkyl or cyclic N) is 1. The SMILES string of the molecule is O=S(=O)(c1c(F)cccc1Cl)N1CCC(O)(C(F)(F)F)C1. The minimum absolute atomic E-state index is 0.380. The number of hydrogen-bond donors (Lipinski definition) is 1. The van der Waals surface area contributed by atoms with Crippen LogP contribution in [0.2, 0.25) is 5.02 Å². The molecule has 0 aromatic heterocycles. The van der Waals surface area contributed by atoms with E-state index >= 15 is 0 Å². The second kappa shape index (κ2) is 5.08. The number of rotatable bonds is 2. The molecule has 2 rings (SSSR count). The third-order valence-corrected chi connectivity index (χ3v) is 5.61. The lowest BCUT2D eigenvalue weighted by Crippen LogP contribution is -2.48. The van der Waals surface area contributed by atoms with Gasteiger partial charge in [-0.1, -0.05) is 17.7 Å². The van der Waals surface area contributed by atoms with E-state index < -0.39 is 57.0 Å². The van der Waals surface area contributed by atoms with Crippen molar-refractivity contribution in [3.63, 3.8) is 0 Å². The highest BCUT2D eigenvalue weighted by molar-refractivity contribution is 7.89. The van der Waals surface area contributed by atoms with Crippen LogP contribution >= 0.6 is 11.6 Å². The molecule has 10 heteroatoms. The first-order valence-electron chi connectivity index (χ1n) is 5.72. The van der Waals surface area contributed by atoms with E-state index in [-0.39, 0.29) is 0 Å². The van der Waals surface area contributed by atoms with E-state index in [0.717, 1.165) is 12.1 Å². The maximum Gasteiger partial charge on any atom is 0.418 e.